The predicted octanol–water partition coefficient (Wildman–Crippen LogP) is 1.96. The number of hydrogen-bond donors (Lipinski definition) is 2. The van der Waals surface area contributed by atoms with E-state index in [2.05, 4.69) is 15.4 Å². The zero-order chi connectivity index (χ0) is 14.8. The van der Waals surface area contributed by atoms with Crippen LogP contribution in [-0.2, 0) is 11.2 Å². The van der Waals surface area contributed by atoms with Crippen LogP contribution in [0.4, 0.5) is 17.2 Å². The molecule has 6 heteroatoms. The summed E-state index contributed by atoms with van der Waals surface area (Å²) in [5, 5.41) is 6.50. The summed E-state index contributed by atoms with van der Waals surface area (Å²) in [6.07, 6.45) is 1.96. The third kappa shape index (κ3) is 2.84. The Hall–Kier alpha value is -2.50. The lowest BCUT2D eigenvalue weighted by atomic mass is 10.00. The molecule has 3 N–H and O–H groups in total. The van der Waals surface area contributed by atoms with Gasteiger partial charge in [-0.3, -0.25) is 4.79 Å². The van der Waals surface area contributed by atoms with Crippen LogP contribution in [0.15, 0.2) is 28.8 Å². The van der Waals surface area contributed by atoms with Gasteiger partial charge in [0.2, 0.25) is 5.91 Å². The highest BCUT2D eigenvalue weighted by Crippen LogP contribution is 2.30. The Morgan fingerprint density at radius 3 is 3.14 bits per heavy atom. The Balaban J connectivity index is 1.71. The third-order valence-corrected chi connectivity index (χ3v) is 3.61. The summed E-state index contributed by atoms with van der Waals surface area (Å²) in [6, 6.07) is 7.53. The summed E-state index contributed by atoms with van der Waals surface area (Å²) in [5.74, 6) is 1.00. The van der Waals surface area contributed by atoms with E-state index in [-0.39, 0.29) is 12.5 Å². The summed E-state index contributed by atoms with van der Waals surface area (Å²) in [6.45, 7) is 2.91. The van der Waals surface area contributed by atoms with E-state index >= 15 is 0 Å². The molecule has 21 heavy (non-hydrogen) atoms. The molecule has 1 aliphatic rings. The van der Waals surface area contributed by atoms with E-state index in [0.717, 1.165) is 36.3 Å². The number of nitrogens with zero attached hydrogens (tertiary/aromatic N) is 2. The van der Waals surface area contributed by atoms with Gasteiger partial charge in [-0.05, 0) is 37.5 Å². The number of hydrogen-bond acceptors (Lipinski definition) is 5. The van der Waals surface area contributed by atoms with Crippen molar-refractivity contribution >= 4 is 23.1 Å². The summed E-state index contributed by atoms with van der Waals surface area (Å²) >= 11 is 0. The summed E-state index contributed by atoms with van der Waals surface area (Å²) in [5.41, 5.74) is 8.99. The van der Waals surface area contributed by atoms with Crippen LogP contribution in [0.5, 0.6) is 0 Å². The minimum absolute atomic E-state index is 0.112. The number of nitrogen functional groups attached to an aromatic ring is 1. The van der Waals surface area contributed by atoms with E-state index in [4.69, 9.17) is 10.3 Å². The molecule has 0 aliphatic carbocycles. The number of carbonyl (C=O) groups is 1. The van der Waals surface area contributed by atoms with Crippen molar-refractivity contribution in [1.82, 2.24) is 5.16 Å². The molecule has 0 bridgehead atoms. The smallest absolute Gasteiger partial charge is 0.245 e. The van der Waals surface area contributed by atoms with Crippen molar-refractivity contribution in [1.29, 1.82) is 0 Å². The highest BCUT2D eigenvalue weighted by atomic mass is 16.5. The largest absolute Gasteiger partial charge is 0.398 e. The van der Waals surface area contributed by atoms with Crippen LogP contribution in [0.2, 0.25) is 0 Å². The van der Waals surface area contributed by atoms with Crippen molar-refractivity contribution in [2.75, 3.05) is 29.0 Å². The minimum atomic E-state index is -0.112. The number of nitrogens with two attached hydrogens (primary N) is 1. The maximum absolute atomic E-state index is 12.1. The van der Waals surface area contributed by atoms with Gasteiger partial charge in [0.1, 0.15) is 5.76 Å². The Kier molecular flexibility index (Phi) is 3.51. The zero-order valence-electron chi connectivity index (χ0n) is 11.9. The molecule has 0 unspecified atom stereocenters. The monoisotopic (exact) mass is 286 g/mol. The molecule has 110 valence electrons. The van der Waals surface area contributed by atoms with E-state index in [9.17, 15) is 4.79 Å². The lowest BCUT2D eigenvalue weighted by Gasteiger charge is -2.31. The van der Waals surface area contributed by atoms with Crippen molar-refractivity contribution in [2.45, 2.75) is 19.8 Å². The topological polar surface area (TPSA) is 84.4 Å². The molecule has 2 heterocycles. The van der Waals surface area contributed by atoms with Gasteiger partial charge in [0, 0.05) is 24.0 Å². The van der Waals surface area contributed by atoms with Crippen molar-refractivity contribution in [2.24, 2.45) is 0 Å². The van der Waals surface area contributed by atoms with Crippen LogP contribution in [0.1, 0.15) is 17.7 Å². The van der Waals surface area contributed by atoms with Crippen LogP contribution in [0.3, 0.4) is 0 Å². The second-order valence-electron chi connectivity index (χ2n) is 5.24. The molecule has 1 amide bonds. The molecule has 0 spiro atoms. The number of fused-ring (bicyclic) bond motifs is 1. The molecule has 3 rings (SSSR count). The normalized spacial score (nSPS) is 13.9. The van der Waals surface area contributed by atoms with Gasteiger partial charge in [0.05, 0.1) is 6.54 Å². The number of benzene rings is 1. The average molecular weight is 286 g/mol. The summed E-state index contributed by atoms with van der Waals surface area (Å²) in [7, 11) is 0. The molecule has 0 atom stereocenters. The maximum atomic E-state index is 12.1. The molecule has 6 nitrogen and oxygen atoms in total. The molecule has 0 saturated heterocycles. The van der Waals surface area contributed by atoms with Crippen LogP contribution in [0.25, 0.3) is 0 Å². The number of amides is 1. The van der Waals surface area contributed by atoms with Crippen molar-refractivity contribution in [3.63, 3.8) is 0 Å². The highest BCUT2D eigenvalue weighted by Gasteiger charge is 2.20. The lowest BCUT2D eigenvalue weighted by molar-refractivity contribution is -0.115. The molecule has 1 aromatic heterocycles. The van der Waals surface area contributed by atoms with Crippen LogP contribution in [0, 0.1) is 6.92 Å². The first kappa shape index (κ1) is 13.5. The van der Waals surface area contributed by atoms with Gasteiger partial charge < -0.3 is 20.5 Å². The minimum Gasteiger partial charge on any atom is -0.398 e. The molecule has 1 aliphatic heterocycles. The predicted molar refractivity (Wildman–Crippen MR) is 81.3 cm³/mol. The fraction of sp³-hybridized carbons (Fsp3) is 0.333. The van der Waals surface area contributed by atoms with E-state index in [1.54, 1.807) is 13.0 Å². The van der Waals surface area contributed by atoms with Gasteiger partial charge in [-0.15, -0.1) is 0 Å². The Morgan fingerprint density at radius 1 is 1.52 bits per heavy atom. The fourth-order valence-electron chi connectivity index (χ4n) is 2.67. The molecule has 0 radical (unpaired) electrons. The second kappa shape index (κ2) is 5.47. The number of rotatable bonds is 3. The standard InChI is InChI=1S/C15H18N4O2/c1-10-8-14(18-21-10)17-15(20)9-19-7-3-4-11-12(16)5-2-6-13(11)19/h2,5-6,8H,3-4,7,9,16H2,1H3,(H,17,18,20). The molecule has 2 aromatic rings. The van der Waals surface area contributed by atoms with Gasteiger partial charge in [-0.25, -0.2) is 0 Å². The number of anilines is 3. The molecule has 1 aromatic carbocycles. The maximum Gasteiger partial charge on any atom is 0.245 e. The van der Waals surface area contributed by atoms with Gasteiger partial charge in [-0.1, -0.05) is 11.2 Å². The van der Waals surface area contributed by atoms with Crippen molar-refractivity contribution in [3.05, 3.63) is 35.6 Å². The first-order valence-electron chi connectivity index (χ1n) is 6.99. The van der Waals surface area contributed by atoms with Crippen molar-refractivity contribution < 1.29 is 9.32 Å². The van der Waals surface area contributed by atoms with Crippen LogP contribution >= 0.6 is 0 Å². The number of nitrogens with one attached hydrogen (secondary N) is 1. The lowest BCUT2D eigenvalue weighted by Crippen LogP contribution is -2.37. The Morgan fingerprint density at radius 2 is 2.38 bits per heavy atom. The Labute approximate surface area is 122 Å². The quantitative estimate of drug-likeness (QED) is 0.843. The zero-order valence-corrected chi connectivity index (χ0v) is 11.9. The molecular weight excluding hydrogens is 268 g/mol. The van der Waals surface area contributed by atoms with E-state index in [0.29, 0.717) is 11.6 Å². The molecule has 0 fully saturated rings. The number of aromatic nitrogens is 1. The van der Waals surface area contributed by atoms with E-state index in [1.165, 1.54) is 0 Å². The highest BCUT2D eigenvalue weighted by molar-refractivity contribution is 5.93. The molecule has 0 saturated carbocycles. The number of carbonyl (C=O) groups excluding carboxylic acids is 1. The van der Waals surface area contributed by atoms with Gasteiger partial charge in [0.25, 0.3) is 0 Å². The SMILES string of the molecule is Cc1cc(NC(=O)CN2CCCc3c(N)cccc32)no1. The van der Waals surface area contributed by atoms with Crippen LogP contribution in [-0.4, -0.2) is 24.2 Å². The fourth-order valence-corrected chi connectivity index (χ4v) is 2.67. The van der Waals surface area contributed by atoms with E-state index in [1.807, 2.05) is 18.2 Å². The summed E-state index contributed by atoms with van der Waals surface area (Å²) in [4.78, 5) is 14.2. The average Bonchev–Trinajstić information content (AvgIpc) is 2.85. The van der Waals surface area contributed by atoms with Gasteiger partial charge in [-0.2, -0.15) is 0 Å². The molecular formula is C15H18N4O2. The third-order valence-electron chi connectivity index (χ3n) is 3.61. The van der Waals surface area contributed by atoms with Crippen molar-refractivity contribution in [3.8, 4) is 0 Å². The Bertz CT molecular complexity index is 665. The van der Waals surface area contributed by atoms with Crippen LogP contribution < -0.4 is 16.0 Å². The first-order chi connectivity index (χ1) is 10.1. The summed E-state index contributed by atoms with van der Waals surface area (Å²) < 4.78 is 4.93. The number of aryl methyl sites for hydroxylation is 1. The van der Waals surface area contributed by atoms with Gasteiger partial charge in [0.15, 0.2) is 5.82 Å². The van der Waals surface area contributed by atoms with Gasteiger partial charge >= 0.3 is 0 Å². The first-order valence-corrected chi connectivity index (χ1v) is 6.99. The second-order valence-corrected chi connectivity index (χ2v) is 5.24. The van der Waals surface area contributed by atoms with E-state index < -0.39 is 0 Å².